The highest BCUT2D eigenvalue weighted by Gasteiger charge is 2.54. The highest BCUT2D eigenvalue weighted by molar-refractivity contribution is 5.83. The number of nitrogens with zero attached hydrogens (tertiary/aromatic N) is 2. The molecule has 6 rings (SSSR count). The summed E-state index contributed by atoms with van der Waals surface area (Å²) in [5.74, 6) is 2.65. The van der Waals surface area contributed by atoms with E-state index in [9.17, 15) is 4.79 Å². The summed E-state index contributed by atoms with van der Waals surface area (Å²) >= 11 is 0. The molecule has 0 aromatic carbocycles. The van der Waals surface area contributed by atoms with Crippen molar-refractivity contribution in [2.24, 2.45) is 23.2 Å². The molecule has 4 fully saturated rings. The molecule has 0 spiro atoms. The zero-order valence-electron chi connectivity index (χ0n) is 15.0. The molecule has 0 atom stereocenters. The summed E-state index contributed by atoms with van der Waals surface area (Å²) in [5.41, 5.74) is 2.95. The Morgan fingerprint density at radius 1 is 1.00 bits per heavy atom. The summed E-state index contributed by atoms with van der Waals surface area (Å²) in [7, 11) is 0. The van der Waals surface area contributed by atoms with Crippen LogP contribution >= 0.6 is 0 Å². The van der Waals surface area contributed by atoms with Gasteiger partial charge in [0.2, 0.25) is 5.91 Å². The number of hydrogen-bond acceptors (Lipinski definition) is 3. The van der Waals surface area contributed by atoms with Crippen molar-refractivity contribution in [2.45, 2.75) is 45.1 Å². The van der Waals surface area contributed by atoms with Gasteiger partial charge in [-0.25, -0.2) is 0 Å². The highest BCUT2D eigenvalue weighted by Crippen LogP contribution is 2.60. The maximum Gasteiger partial charge on any atom is 0.226 e. The molecule has 134 valence electrons. The van der Waals surface area contributed by atoms with Crippen molar-refractivity contribution in [1.29, 1.82) is 0 Å². The first kappa shape index (κ1) is 16.0. The van der Waals surface area contributed by atoms with Gasteiger partial charge >= 0.3 is 0 Å². The molecular weight excluding hydrogens is 322 g/mol. The van der Waals surface area contributed by atoms with E-state index in [1.165, 1.54) is 19.3 Å². The lowest BCUT2D eigenvalue weighted by Gasteiger charge is -2.55. The fraction of sp³-hybridized carbons (Fsp3) is 0.500. The van der Waals surface area contributed by atoms with Crippen molar-refractivity contribution in [3.8, 4) is 11.3 Å². The first-order valence-electron chi connectivity index (χ1n) is 9.84. The summed E-state index contributed by atoms with van der Waals surface area (Å²) in [6.45, 7) is 0.548. The number of rotatable bonds is 4. The second-order valence-electron chi connectivity index (χ2n) is 8.63. The van der Waals surface area contributed by atoms with Crippen LogP contribution in [0.5, 0.6) is 0 Å². The van der Waals surface area contributed by atoms with Crippen LogP contribution in [0.15, 0.2) is 42.9 Å². The summed E-state index contributed by atoms with van der Waals surface area (Å²) in [6.07, 6.45) is 12.8. The summed E-state index contributed by atoms with van der Waals surface area (Å²) in [5, 5.41) is 3.27. The number of aromatic nitrogens is 2. The lowest BCUT2D eigenvalue weighted by Crippen LogP contribution is -2.53. The van der Waals surface area contributed by atoms with Gasteiger partial charge in [0, 0.05) is 36.1 Å². The summed E-state index contributed by atoms with van der Waals surface area (Å²) in [4.78, 5) is 21.8. The number of amides is 1. The van der Waals surface area contributed by atoms with E-state index in [4.69, 9.17) is 0 Å². The Morgan fingerprint density at radius 3 is 2.31 bits per heavy atom. The van der Waals surface area contributed by atoms with Gasteiger partial charge in [-0.1, -0.05) is 6.07 Å². The van der Waals surface area contributed by atoms with Crippen molar-refractivity contribution >= 4 is 5.91 Å². The van der Waals surface area contributed by atoms with E-state index in [-0.39, 0.29) is 11.3 Å². The minimum Gasteiger partial charge on any atom is -0.351 e. The van der Waals surface area contributed by atoms with Crippen LogP contribution in [-0.4, -0.2) is 15.9 Å². The van der Waals surface area contributed by atoms with Crippen LogP contribution in [0, 0.1) is 23.2 Å². The van der Waals surface area contributed by atoms with E-state index in [1.54, 1.807) is 18.6 Å². The van der Waals surface area contributed by atoms with Crippen molar-refractivity contribution in [3.63, 3.8) is 0 Å². The third-order valence-corrected chi connectivity index (χ3v) is 6.80. The molecule has 0 saturated heterocycles. The fourth-order valence-electron chi connectivity index (χ4n) is 6.10. The fourth-order valence-corrected chi connectivity index (χ4v) is 6.10. The van der Waals surface area contributed by atoms with E-state index < -0.39 is 0 Å². The van der Waals surface area contributed by atoms with Crippen LogP contribution in [0.2, 0.25) is 0 Å². The quantitative estimate of drug-likeness (QED) is 0.910. The van der Waals surface area contributed by atoms with E-state index in [0.717, 1.165) is 53.8 Å². The van der Waals surface area contributed by atoms with Crippen molar-refractivity contribution in [1.82, 2.24) is 15.3 Å². The zero-order chi connectivity index (χ0) is 17.6. The van der Waals surface area contributed by atoms with E-state index in [2.05, 4.69) is 21.4 Å². The van der Waals surface area contributed by atoms with Gasteiger partial charge in [-0.15, -0.1) is 0 Å². The SMILES string of the molecule is O=C(NCc1cccnc1-c1ccncc1)C12CC3CC(CC(C3)C1)C2. The Balaban J connectivity index is 1.34. The Kier molecular flexibility index (Phi) is 3.80. The standard InChI is InChI=1S/C22H25N3O/c26-21(22-11-15-8-16(12-22)10-17(9-15)13-22)25-14-19-2-1-5-24-20(19)18-3-6-23-7-4-18/h1-7,15-17H,8-14H2,(H,25,26). The van der Waals surface area contributed by atoms with Gasteiger partial charge in [0.15, 0.2) is 0 Å². The van der Waals surface area contributed by atoms with Gasteiger partial charge in [-0.3, -0.25) is 14.8 Å². The third-order valence-electron chi connectivity index (χ3n) is 6.80. The number of nitrogens with one attached hydrogen (secondary N) is 1. The molecule has 4 aliphatic rings. The molecule has 0 radical (unpaired) electrons. The topological polar surface area (TPSA) is 54.9 Å². The summed E-state index contributed by atoms with van der Waals surface area (Å²) in [6, 6.07) is 7.93. The smallest absolute Gasteiger partial charge is 0.226 e. The van der Waals surface area contributed by atoms with Crippen LogP contribution in [0.4, 0.5) is 0 Å². The van der Waals surface area contributed by atoms with Gasteiger partial charge in [0.25, 0.3) is 0 Å². The second-order valence-corrected chi connectivity index (χ2v) is 8.63. The Bertz CT molecular complexity index is 782. The average Bonchev–Trinajstić information content (AvgIpc) is 2.66. The molecular formula is C22H25N3O. The van der Waals surface area contributed by atoms with E-state index >= 15 is 0 Å². The molecule has 26 heavy (non-hydrogen) atoms. The Labute approximate surface area is 154 Å². The molecule has 2 heterocycles. The molecule has 0 aliphatic heterocycles. The summed E-state index contributed by atoms with van der Waals surface area (Å²) < 4.78 is 0. The van der Waals surface area contributed by atoms with Gasteiger partial charge in [-0.2, -0.15) is 0 Å². The maximum atomic E-state index is 13.2. The van der Waals surface area contributed by atoms with Crippen molar-refractivity contribution in [3.05, 3.63) is 48.4 Å². The Hall–Kier alpha value is -2.23. The van der Waals surface area contributed by atoms with Crippen LogP contribution < -0.4 is 5.32 Å². The molecule has 4 bridgehead atoms. The lowest BCUT2D eigenvalue weighted by atomic mass is 9.49. The van der Waals surface area contributed by atoms with Gasteiger partial charge < -0.3 is 5.32 Å². The van der Waals surface area contributed by atoms with Gasteiger partial charge in [0.05, 0.1) is 5.69 Å². The third kappa shape index (κ3) is 2.72. The molecule has 1 amide bonds. The predicted molar refractivity (Wildman–Crippen MR) is 99.9 cm³/mol. The van der Waals surface area contributed by atoms with Gasteiger partial charge in [-0.05, 0) is 80.0 Å². The molecule has 0 unspecified atom stereocenters. The maximum absolute atomic E-state index is 13.2. The molecule has 4 nitrogen and oxygen atoms in total. The normalized spacial score (nSPS) is 31.8. The lowest BCUT2D eigenvalue weighted by molar-refractivity contribution is -0.146. The molecule has 4 saturated carbocycles. The van der Waals surface area contributed by atoms with Crippen LogP contribution in [0.3, 0.4) is 0 Å². The monoisotopic (exact) mass is 347 g/mol. The number of hydrogen-bond donors (Lipinski definition) is 1. The second kappa shape index (κ2) is 6.19. The molecule has 2 aromatic heterocycles. The Morgan fingerprint density at radius 2 is 1.65 bits per heavy atom. The molecule has 4 heteroatoms. The van der Waals surface area contributed by atoms with Crippen LogP contribution in [-0.2, 0) is 11.3 Å². The minimum absolute atomic E-state index is 0.0895. The predicted octanol–water partition coefficient (Wildman–Crippen LogP) is 3.98. The largest absolute Gasteiger partial charge is 0.351 e. The van der Waals surface area contributed by atoms with E-state index in [0.29, 0.717) is 6.54 Å². The first-order chi connectivity index (χ1) is 12.7. The number of carbonyl (C=O) groups is 1. The first-order valence-corrected chi connectivity index (χ1v) is 9.84. The van der Waals surface area contributed by atoms with E-state index in [1.807, 2.05) is 18.2 Å². The molecule has 1 N–H and O–H groups in total. The number of carbonyl (C=O) groups excluding carboxylic acids is 1. The molecule has 4 aliphatic carbocycles. The highest BCUT2D eigenvalue weighted by atomic mass is 16.2. The molecule has 2 aromatic rings. The van der Waals surface area contributed by atoms with Crippen LogP contribution in [0.1, 0.15) is 44.1 Å². The van der Waals surface area contributed by atoms with Gasteiger partial charge in [0.1, 0.15) is 0 Å². The minimum atomic E-state index is -0.0895. The van der Waals surface area contributed by atoms with Crippen LogP contribution in [0.25, 0.3) is 11.3 Å². The average molecular weight is 347 g/mol. The van der Waals surface area contributed by atoms with Crippen molar-refractivity contribution in [2.75, 3.05) is 0 Å². The zero-order valence-corrected chi connectivity index (χ0v) is 15.0. The van der Waals surface area contributed by atoms with Crippen molar-refractivity contribution < 1.29 is 4.79 Å². The number of pyridine rings is 2.